The third-order valence-electron chi connectivity index (χ3n) is 2.45. The SMILES string of the molecule is COC(=O)CCNC(=O)N/C=C/c1ccc(OC)cc1. The van der Waals surface area contributed by atoms with E-state index in [9.17, 15) is 9.59 Å². The van der Waals surface area contributed by atoms with Crippen LogP contribution in [-0.2, 0) is 9.53 Å². The summed E-state index contributed by atoms with van der Waals surface area (Å²) in [4.78, 5) is 22.2. The predicted molar refractivity (Wildman–Crippen MR) is 75.2 cm³/mol. The van der Waals surface area contributed by atoms with E-state index in [1.165, 1.54) is 13.3 Å². The van der Waals surface area contributed by atoms with Crippen molar-refractivity contribution in [1.82, 2.24) is 10.6 Å². The van der Waals surface area contributed by atoms with Crippen LogP contribution in [0.3, 0.4) is 0 Å². The van der Waals surface area contributed by atoms with Gasteiger partial charge in [-0.1, -0.05) is 12.1 Å². The largest absolute Gasteiger partial charge is 0.497 e. The van der Waals surface area contributed by atoms with Crippen molar-refractivity contribution in [2.45, 2.75) is 6.42 Å². The molecule has 0 aliphatic heterocycles. The lowest BCUT2D eigenvalue weighted by Crippen LogP contribution is -2.33. The molecule has 1 rings (SSSR count). The van der Waals surface area contributed by atoms with Gasteiger partial charge in [-0.25, -0.2) is 4.79 Å². The fourth-order valence-electron chi connectivity index (χ4n) is 1.36. The van der Waals surface area contributed by atoms with E-state index < -0.39 is 0 Å². The summed E-state index contributed by atoms with van der Waals surface area (Å²) in [5.74, 6) is 0.412. The quantitative estimate of drug-likeness (QED) is 0.774. The molecule has 0 spiro atoms. The molecule has 0 aliphatic carbocycles. The number of carbonyl (C=O) groups is 2. The molecule has 0 aliphatic rings. The second kappa shape index (κ2) is 8.58. The van der Waals surface area contributed by atoms with Crippen molar-refractivity contribution in [3.8, 4) is 5.75 Å². The van der Waals surface area contributed by atoms with Gasteiger partial charge in [0.1, 0.15) is 5.75 Å². The number of carbonyl (C=O) groups excluding carboxylic acids is 2. The number of ether oxygens (including phenoxy) is 2. The molecule has 0 aromatic heterocycles. The first-order chi connectivity index (χ1) is 9.65. The zero-order valence-electron chi connectivity index (χ0n) is 11.5. The minimum absolute atomic E-state index is 0.145. The van der Waals surface area contributed by atoms with Crippen LogP contribution in [0, 0.1) is 0 Å². The van der Waals surface area contributed by atoms with Crippen molar-refractivity contribution < 1.29 is 19.1 Å². The third kappa shape index (κ3) is 5.90. The van der Waals surface area contributed by atoms with Crippen LogP contribution in [0.25, 0.3) is 6.08 Å². The fourth-order valence-corrected chi connectivity index (χ4v) is 1.36. The van der Waals surface area contributed by atoms with Crippen LogP contribution in [0.15, 0.2) is 30.5 Å². The van der Waals surface area contributed by atoms with Crippen LogP contribution < -0.4 is 15.4 Å². The van der Waals surface area contributed by atoms with Gasteiger partial charge in [0.15, 0.2) is 0 Å². The van der Waals surface area contributed by atoms with Crippen molar-refractivity contribution in [3.63, 3.8) is 0 Å². The van der Waals surface area contributed by atoms with E-state index in [4.69, 9.17) is 4.74 Å². The molecule has 0 unspecified atom stereocenters. The molecule has 2 amide bonds. The van der Waals surface area contributed by atoms with Gasteiger partial charge in [-0.3, -0.25) is 4.79 Å². The smallest absolute Gasteiger partial charge is 0.318 e. The molecule has 108 valence electrons. The van der Waals surface area contributed by atoms with Crippen LogP contribution in [0.4, 0.5) is 4.79 Å². The molecular formula is C14H18N2O4. The highest BCUT2D eigenvalue weighted by Crippen LogP contribution is 2.11. The van der Waals surface area contributed by atoms with Crippen LogP contribution in [-0.4, -0.2) is 32.8 Å². The molecule has 0 atom stereocenters. The van der Waals surface area contributed by atoms with Crippen molar-refractivity contribution >= 4 is 18.1 Å². The predicted octanol–water partition coefficient (Wildman–Crippen LogP) is 1.53. The van der Waals surface area contributed by atoms with Crippen LogP contribution in [0.2, 0.25) is 0 Å². The number of amides is 2. The molecular weight excluding hydrogens is 260 g/mol. The topological polar surface area (TPSA) is 76.7 Å². The van der Waals surface area contributed by atoms with Gasteiger partial charge >= 0.3 is 12.0 Å². The highest BCUT2D eigenvalue weighted by atomic mass is 16.5. The average Bonchev–Trinajstić information content (AvgIpc) is 2.47. The first-order valence-electron chi connectivity index (χ1n) is 6.07. The van der Waals surface area contributed by atoms with E-state index in [1.807, 2.05) is 24.3 Å². The molecule has 1 aromatic carbocycles. The van der Waals surface area contributed by atoms with Crippen LogP contribution in [0.1, 0.15) is 12.0 Å². The molecule has 6 heteroatoms. The Bertz CT molecular complexity index is 469. The van der Waals surface area contributed by atoms with Gasteiger partial charge in [0, 0.05) is 12.7 Å². The van der Waals surface area contributed by atoms with Gasteiger partial charge < -0.3 is 20.1 Å². The van der Waals surface area contributed by atoms with Gasteiger partial charge in [-0.15, -0.1) is 0 Å². The Morgan fingerprint density at radius 2 is 1.90 bits per heavy atom. The first-order valence-corrected chi connectivity index (χ1v) is 6.07. The molecule has 2 N–H and O–H groups in total. The number of benzene rings is 1. The standard InChI is InChI=1S/C14H18N2O4/c1-19-12-5-3-11(4-6-12)7-9-15-14(18)16-10-8-13(17)20-2/h3-7,9H,8,10H2,1-2H3,(H2,15,16,18)/b9-7+. The summed E-state index contributed by atoms with van der Waals surface area (Å²) in [6.07, 6.45) is 3.42. The highest BCUT2D eigenvalue weighted by Gasteiger charge is 2.01. The van der Waals surface area contributed by atoms with E-state index in [1.54, 1.807) is 13.2 Å². The average molecular weight is 278 g/mol. The molecule has 0 fully saturated rings. The fraction of sp³-hybridized carbons (Fsp3) is 0.286. The monoisotopic (exact) mass is 278 g/mol. The second-order valence-electron chi connectivity index (χ2n) is 3.83. The Labute approximate surface area is 117 Å². The molecule has 20 heavy (non-hydrogen) atoms. The van der Waals surface area contributed by atoms with Crippen molar-refractivity contribution in [1.29, 1.82) is 0 Å². The summed E-state index contributed by atoms with van der Waals surface area (Å²) < 4.78 is 9.50. The van der Waals surface area contributed by atoms with E-state index in [0.717, 1.165) is 11.3 Å². The van der Waals surface area contributed by atoms with Crippen LogP contribution in [0.5, 0.6) is 5.75 Å². The van der Waals surface area contributed by atoms with Gasteiger partial charge in [-0.05, 0) is 23.8 Å². The second-order valence-corrected chi connectivity index (χ2v) is 3.83. The minimum Gasteiger partial charge on any atom is -0.497 e. The number of esters is 1. The molecule has 0 bridgehead atoms. The van der Waals surface area contributed by atoms with Crippen molar-refractivity contribution in [3.05, 3.63) is 36.0 Å². The lowest BCUT2D eigenvalue weighted by molar-refractivity contribution is -0.140. The molecule has 0 saturated heterocycles. The number of rotatable bonds is 6. The molecule has 0 radical (unpaired) electrons. The Kier molecular flexibility index (Phi) is 6.67. The Morgan fingerprint density at radius 1 is 1.20 bits per heavy atom. The zero-order valence-corrected chi connectivity index (χ0v) is 11.5. The molecule has 6 nitrogen and oxygen atoms in total. The highest BCUT2D eigenvalue weighted by molar-refractivity contribution is 5.77. The van der Waals surface area contributed by atoms with E-state index in [0.29, 0.717) is 0 Å². The first kappa shape index (κ1) is 15.6. The molecule has 0 saturated carbocycles. The minimum atomic E-state index is -0.376. The number of urea groups is 1. The van der Waals surface area contributed by atoms with Gasteiger partial charge in [0.05, 0.1) is 20.6 Å². The number of hydrogen-bond acceptors (Lipinski definition) is 4. The Hall–Kier alpha value is -2.50. The maximum Gasteiger partial charge on any atom is 0.318 e. The van der Waals surface area contributed by atoms with Gasteiger partial charge in [-0.2, -0.15) is 0 Å². The zero-order chi connectivity index (χ0) is 14.8. The van der Waals surface area contributed by atoms with Gasteiger partial charge in [0.25, 0.3) is 0 Å². The summed E-state index contributed by atoms with van der Waals surface area (Å²) in [7, 11) is 2.91. The normalized spacial score (nSPS) is 10.1. The Balaban J connectivity index is 2.28. The van der Waals surface area contributed by atoms with Gasteiger partial charge in [0.2, 0.25) is 0 Å². The van der Waals surface area contributed by atoms with E-state index >= 15 is 0 Å². The summed E-state index contributed by atoms with van der Waals surface area (Å²) in [6.45, 7) is 0.231. The third-order valence-corrected chi connectivity index (χ3v) is 2.45. The number of nitrogens with one attached hydrogen (secondary N) is 2. The number of hydrogen-bond donors (Lipinski definition) is 2. The summed E-state index contributed by atoms with van der Waals surface area (Å²) in [6, 6.07) is 7.02. The van der Waals surface area contributed by atoms with E-state index in [-0.39, 0.29) is 25.0 Å². The maximum absolute atomic E-state index is 11.4. The Morgan fingerprint density at radius 3 is 2.50 bits per heavy atom. The van der Waals surface area contributed by atoms with Crippen molar-refractivity contribution in [2.75, 3.05) is 20.8 Å². The lowest BCUT2D eigenvalue weighted by atomic mass is 10.2. The molecule has 1 aromatic rings. The molecule has 0 heterocycles. The summed E-state index contributed by atoms with van der Waals surface area (Å²) >= 11 is 0. The van der Waals surface area contributed by atoms with Crippen molar-refractivity contribution in [2.24, 2.45) is 0 Å². The van der Waals surface area contributed by atoms with Crippen LogP contribution >= 0.6 is 0 Å². The lowest BCUT2D eigenvalue weighted by Gasteiger charge is -2.03. The van der Waals surface area contributed by atoms with E-state index in [2.05, 4.69) is 15.4 Å². The summed E-state index contributed by atoms with van der Waals surface area (Å²) in [5.41, 5.74) is 0.931. The maximum atomic E-state index is 11.4. The number of methoxy groups -OCH3 is 2. The summed E-state index contributed by atoms with van der Waals surface area (Å²) in [5, 5.41) is 5.07.